The van der Waals surface area contributed by atoms with Crippen LogP contribution in [-0.2, 0) is 12.6 Å². The average molecular weight is 293 g/mol. The van der Waals surface area contributed by atoms with Crippen molar-refractivity contribution >= 4 is 0 Å². The maximum Gasteiger partial charge on any atom is 0.416 e. The van der Waals surface area contributed by atoms with Gasteiger partial charge in [0.2, 0.25) is 0 Å². The third-order valence-electron chi connectivity index (χ3n) is 3.45. The van der Waals surface area contributed by atoms with Crippen LogP contribution in [0.3, 0.4) is 0 Å². The van der Waals surface area contributed by atoms with E-state index in [0.717, 1.165) is 24.5 Å². The highest BCUT2D eigenvalue weighted by Crippen LogP contribution is 2.35. The van der Waals surface area contributed by atoms with Gasteiger partial charge in [0.05, 0.1) is 11.6 Å². The van der Waals surface area contributed by atoms with Gasteiger partial charge < -0.3 is 5.73 Å². The van der Waals surface area contributed by atoms with Crippen LogP contribution in [-0.4, -0.2) is 0 Å². The van der Waals surface area contributed by atoms with E-state index < -0.39 is 17.8 Å². The molecule has 2 rings (SSSR count). The molecule has 1 nitrogen and oxygen atoms in total. The van der Waals surface area contributed by atoms with Crippen LogP contribution in [0.4, 0.5) is 13.2 Å². The Kier molecular flexibility index (Phi) is 4.68. The molecule has 0 saturated heterocycles. The van der Waals surface area contributed by atoms with Gasteiger partial charge in [0.25, 0.3) is 0 Å². The molecule has 0 aliphatic rings. The summed E-state index contributed by atoms with van der Waals surface area (Å²) in [6.07, 6.45) is -2.52. The predicted molar refractivity (Wildman–Crippen MR) is 77.9 cm³/mol. The fraction of sp³-hybridized carbons (Fsp3) is 0.294. The number of hydrogen-bond acceptors (Lipinski definition) is 1. The first-order chi connectivity index (χ1) is 9.93. The van der Waals surface area contributed by atoms with E-state index in [-0.39, 0.29) is 5.56 Å². The van der Waals surface area contributed by atoms with Gasteiger partial charge in [0, 0.05) is 0 Å². The first-order valence-corrected chi connectivity index (χ1v) is 6.94. The SMILES string of the molecule is CCCc1cccc(C(N)c2ccccc2C(F)(F)F)c1. The van der Waals surface area contributed by atoms with Gasteiger partial charge in [0.1, 0.15) is 0 Å². The Morgan fingerprint density at radius 2 is 1.76 bits per heavy atom. The van der Waals surface area contributed by atoms with E-state index in [1.807, 2.05) is 18.2 Å². The summed E-state index contributed by atoms with van der Waals surface area (Å²) in [6.45, 7) is 2.06. The molecule has 2 aromatic rings. The van der Waals surface area contributed by atoms with Crippen LogP contribution in [0.15, 0.2) is 48.5 Å². The molecular formula is C17H18F3N. The van der Waals surface area contributed by atoms with Gasteiger partial charge in [-0.25, -0.2) is 0 Å². The lowest BCUT2D eigenvalue weighted by Crippen LogP contribution is -2.18. The lowest BCUT2D eigenvalue weighted by Gasteiger charge is -2.19. The third-order valence-corrected chi connectivity index (χ3v) is 3.45. The lowest BCUT2D eigenvalue weighted by molar-refractivity contribution is -0.138. The monoisotopic (exact) mass is 293 g/mol. The van der Waals surface area contributed by atoms with Crippen molar-refractivity contribution in [3.05, 3.63) is 70.8 Å². The Labute approximate surface area is 122 Å². The van der Waals surface area contributed by atoms with Crippen molar-refractivity contribution in [3.8, 4) is 0 Å². The van der Waals surface area contributed by atoms with Crippen molar-refractivity contribution < 1.29 is 13.2 Å². The van der Waals surface area contributed by atoms with Crippen LogP contribution in [0.5, 0.6) is 0 Å². The highest BCUT2D eigenvalue weighted by Gasteiger charge is 2.34. The summed E-state index contributed by atoms with van der Waals surface area (Å²) in [5, 5.41) is 0. The standard InChI is InChI=1S/C17H18F3N/c1-2-6-12-7-5-8-13(11-12)16(21)14-9-3-4-10-15(14)17(18,19)20/h3-5,7-11,16H,2,6,21H2,1H3. The summed E-state index contributed by atoms with van der Waals surface area (Å²) < 4.78 is 39.2. The van der Waals surface area contributed by atoms with Crippen LogP contribution in [0, 0.1) is 0 Å². The first-order valence-electron chi connectivity index (χ1n) is 6.94. The van der Waals surface area contributed by atoms with Crippen molar-refractivity contribution in [2.45, 2.75) is 32.0 Å². The molecule has 0 amide bonds. The van der Waals surface area contributed by atoms with Crippen LogP contribution in [0.25, 0.3) is 0 Å². The molecule has 0 aromatic heterocycles. The minimum atomic E-state index is -4.39. The van der Waals surface area contributed by atoms with E-state index in [1.165, 1.54) is 12.1 Å². The molecule has 1 atom stereocenters. The van der Waals surface area contributed by atoms with E-state index in [0.29, 0.717) is 5.56 Å². The summed E-state index contributed by atoms with van der Waals surface area (Å²) >= 11 is 0. The normalized spacial score (nSPS) is 13.2. The molecule has 0 aliphatic heterocycles. The maximum absolute atomic E-state index is 13.1. The summed E-state index contributed by atoms with van der Waals surface area (Å²) in [6, 6.07) is 12.2. The predicted octanol–water partition coefficient (Wildman–Crippen LogP) is 4.71. The Morgan fingerprint density at radius 3 is 2.43 bits per heavy atom. The minimum Gasteiger partial charge on any atom is -0.320 e. The molecule has 0 bridgehead atoms. The molecule has 0 saturated carbocycles. The first kappa shape index (κ1) is 15.6. The number of rotatable bonds is 4. The van der Waals surface area contributed by atoms with Crippen molar-refractivity contribution in [1.82, 2.24) is 0 Å². The molecule has 0 spiro atoms. The molecule has 21 heavy (non-hydrogen) atoms. The minimum absolute atomic E-state index is 0.110. The van der Waals surface area contributed by atoms with Crippen molar-refractivity contribution in [1.29, 1.82) is 0 Å². The smallest absolute Gasteiger partial charge is 0.320 e. The van der Waals surface area contributed by atoms with Crippen LogP contribution in [0.2, 0.25) is 0 Å². The topological polar surface area (TPSA) is 26.0 Å². The molecule has 4 heteroatoms. The molecular weight excluding hydrogens is 275 g/mol. The maximum atomic E-state index is 13.1. The van der Waals surface area contributed by atoms with Crippen LogP contribution >= 0.6 is 0 Å². The van der Waals surface area contributed by atoms with Gasteiger partial charge in [-0.15, -0.1) is 0 Å². The molecule has 1 unspecified atom stereocenters. The molecule has 0 aliphatic carbocycles. The number of alkyl halides is 3. The van der Waals surface area contributed by atoms with Crippen LogP contribution < -0.4 is 5.73 Å². The average Bonchev–Trinajstić information content (AvgIpc) is 2.46. The number of benzene rings is 2. The summed E-state index contributed by atoms with van der Waals surface area (Å²) in [7, 11) is 0. The van der Waals surface area contributed by atoms with Crippen LogP contribution in [0.1, 0.15) is 41.6 Å². The van der Waals surface area contributed by atoms with E-state index in [4.69, 9.17) is 5.73 Å². The fourth-order valence-corrected chi connectivity index (χ4v) is 2.44. The molecule has 0 radical (unpaired) electrons. The zero-order valence-electron chi connectivity index (χ0n) is 11.8. The number of aryl methyl sites for hydroxylation is 1. The Balaban J connectivity index is 2.41. The second-order valence-corrected chi connectivity index (χ2v) is 5.06. The second kappa shape index (κ2) is 6.31. The van der Waals surface area contributed by atoms with Gasteiger partial charge in [0.15, 0.2) is 0 Å². The van der Waals surface area contributed by atoms with E-state index in [2.05, 4.69) is 6.92 Å². The summed E-state index contributed by atoms with van der Waals surface area (Å²) in [5.41, 5.74) is 7.32. The van der Waals surface area contributed by atoms with E-state index in [1.54, 1.807) is 12.1 Å². The summed E-state index contributed by atoms with van der Waals surface area (Å²) in [4.78, 5) is 0. The number of nitrogens with two attached hydrogens (primary N) is 1. The second-order valence-electron chi connectivity index (χ2n) is 5.06. The molecule has 112 valence electrons. The quantitative estimate of drug-likeness (QED) is 0.868. The van der Waals surface area contributed by atoms with E-state index in [9.17, 15) is 13.2 Å². The van der Waals surface area contributed by atoms with Crippen molar-refractivity contribution in [2.24, 2.45) is 5.73 Å². The van der Waals surface area contributed by atoms with Gasteiger partial charge in [-0.2, -0.15) is 13.2 Å². The number of hydrogen-bond donors (Lipinski definition) is 1. The Morgan fingerprint density at radius 1 is 1.05 bits per heavy atom. The zero-order valence-corrected chi connectivity index (χ0v) is 11.8. The van der Waals surface area contributed by atoms with Gasteiger partial charge in [-0.3, -0.25) is 0 Å². The van der Waals surface area contributed by atoms with Gasteiger partial charge in [-0.1, -0.05) is 55.8 Å². The highest BCUT2D eigenvalue weighted by atomic mass is 19.4. The fourth-order valence-electron chi connectivity index (χ4n) is 2.44. The molecule has 0 fully saturated rings. The molecule has 2 N–H and O–H groups in total. The molecule has 0 heterocycles. The highest BCUT2D eigenvalue weighted by molar-refractivity contribution is 5.39. The van der Waals surface area contributed by atoms with Gasteiger partial charge in [-0.05, 0) is 29.2 Å². The number of halogens is 3. The lowest BCUT2D eigenvalue weighted by atomic mass is 9.93. The molecule has 2 aromatic carbocycles. The Bertz CT molecular complexity index is 605. The zero-order chi connectivity index (χ0) is 15.5. The third kappa shape index (κ3) is 3.64. The Hall–Kier alpha value is -1.81. The van der Waals surface area contributed by atoms with Crippen molar-refractivity contribution in [2.75, 3.05) is 0 Å². The largest absolute Gasteiger partial charge is 0.416 e. The van der Waals surface area contributed by atoms with Crippen molar-refractivity contribution in [3.63, 3.8) is 0 Å². The summed E-state index contributed by atoms with van der Waals surface area (Å²) in [5.74, 6) is 0. The van der Waals surface area contributed by atoms with E-state index >= 15 is 0 Å². The van der Waals surface area contributed by atoms with Gasteiger partial charge >= 0.3 is 6.18 Å².